The summed E-state index contributed by atoms with van der Waals surface area (Å²) in [5.41, 5.74) is -1.02. The second-order valence-electron chi connectivity index (χ2n) is 8.03. The van der Waals surface area contributed by atoms with Crippen molar-refractivity contribution in [3.05, 3.63) is 75.4 Å². The van der Waals surface area contributed by atoms with E-state index >= 15 is 0 Å². The maximum Gasteiger partial charge on any atom is 0.336 e. The van der Waals surface area contributed by atoms with Gasteiger partial charge in [-0.2, -0.15) is 0 Å². The van der Waals surface area contributed by atoms with Crippen molar-refractivity contribution in [1.82, 2.24) is 0 Å². The number of phenols is 1. The zero-order chi connectivity index (χ0) is 25.9. The topological polar surface area (TPSA) is 105 Å². The molecule has 0 aromatic heterocycles. The molecule has 2 N–H and O–H groups in total. The fraction of sp³-hybridized carbons (Fsp3) is 0.222. The Kier molecular flexibility index (Phi) is 7.64. The van der Waals surface area contributed by atoms with Gasteiger partial charge in [-0.1, -0.05) is 39.2 Å². The number of aromatic carboxylic acids is 1. The molecule has 0 radical (unpaired) electrons. The number of ketones is 1. The average Bonchev–Trinajstić information content (AvgIpc) is 2.80. The lowest BCUT2D eigenvalue weighted by Gasteiger charge is -2.17. The Bertz CT molecular complexity index is 1450. The van der Waals surface area contributed by atoms with Crippen molar-refractivity contribution in [2.75, 3.05) is 0 Å². The molecule has 0 saturated heterocycles. The highest BCUT2D eigenvalue weighted by molar-refractivity contribution is 6.09. The number of halogens is 2. The number of benzene rings is 3. The molecule has 6 nitrogen and oxygen atoms in total. The standard InChI is InChI=1S/C22H12F2O6.C5H12/c1-9(25)10-2-3-11(22(28)29)12(4-10)21-13-5-15(23)17(26)7-19(13)30-20-8-18(27)16(24)6-14(20)21;1-3-5-4-2/h2-8,26H,1H3,(H,28,29);3-5H2,1-2H3. The van der Waals surface area contributed by atoms with E-state index in [0.29, 0.717) is 0 Å². The zero-order valence-electron chi connectivity index (χ0n) is 19.4. The van der Waals surface area contributed by atoms with Crippen molar-refractivity contribution < 1.29 is 33.0 Å². The van der Waals surface area contributed by atoms with Gasteiger partial charge in [0.2, 0.25) is 5.43 Å². The predicted molar refractivity (Wildman–Crippen MR) is 128 cm³/mol. The summed E-state index contributed by atoms with van der Waals surface area (Å²) in [5, 5.41) is 19.4. The Morgan fingerprint density at radius 3 is 2.20 bits per heavy atom. The Morgan fingerprint density at radius 1 is 0.943 bits per heavy atom. The van der Waals surface area contributed by atoms with Crippen molar-refractivity contribution in [3.63, 3.8) is 0 Å². The molecule has 35 heavy (non-hydrogen) atoms. The highest BCUT2D eigenvalue weighted by atomic mass is 19.1. The number of Topliss-reactive ketones (excluding diaryl/α,β-unsaturated/α-hetero) is 1. The molecule has 0 bridgehead atoms. The lowest BCUT2D eigenvalue weighted by molar-refractivity contribution is 0.0697. The molecule has 0 saturated carbocycles. The van der Waals surface area contributed by atoms with Gasteiger partial charge in [-0.15, -0.1) is 0 Å². The molecule has 0 unspecified atom stereocenters. The van der Waals surface area contributed by atoms with Crippen molar-refractivity contribution in [3.8, 4) is 28.2 Å². The predicted octanol–water partition coefficient (Wildman–Crippen LogP) is 6.65. The Balaban J connectivity index is 0.000000623. The maximum atomic E-state index is 14.2. The largest absolute Gasteiger partial charge is 0.505 e. The van der Waals surface area contributed by atoms with Crippen LogP contribution in [0, 0.1) is 11.6 Å². The van der Waals surface area contributed by atoms with E-state index in [0.717, 1.165) is 24.3 Å². The summed E-state index contributed by atoms with van der Waals surface area (Å²) < 4.78 is 33.8. The smallest absolute Gasteiger partial charge is 0.336 e. The summed E-state index contributed by atoms with van der Waals surface area (Å²) in [6.07, 6.45) is 4.08. The lowest BCUT2D eigenvalue weighted by atomic mass is 9.89. The number of phenolic OH excluding ortho intramolecular Hbond substituents is 1. The van der Waals surface area contributed by atoms with E-state index in [4.69, 9.17) is 4.42 Å². The van der Waals surface area contributed by atoms with Gasteiger partial charge in [0, 0.05) is 34.2 Å². The molecule has 1 heterocycles. The fourth-order valence-electron chi connectivity index (χ4n) is 3.70. The minimum absolute atomic E-state index is 0.00383. The van der Waals surface area contributed by atoms with Crippen molar-refractivity contribution in [2.24, 2.45) is 0 Å². The van der Waals surface area contributed by atoms with Crippen LogP contribution in [0.2, 0.25) is 0 Å². The number of carboxylic acid groups (broad SMARTS) is 1. The van der Waals surface area contributed by atoms with Gasteiger partial charge in [-0.3, -0.25) is 9.59 Å². The first-order chi connectivity index (χ1) is 16.6. The molecule has 2 aromatic carbocycles. The first kappa shape index (κ1) is 25.6. The Labute approximate surface area is 199 Å². The number of unbranched alkanes of at least 4 members (excludes halogenated alkanes) is 2. The van der Waals surface area contributed by atoms with Gasteiger partial charge in [0.15, 0.2) is 23.2 Å². The fourth-order valence-corrected chi connectivity index (χ4v) is 3.70. The molecule has 2 aromatic rings. The first-order valence-electron chi connectivity index (χ1n) is 11.1. The third kappa shape index (κ3) is 5.21. The van der Waals surface area contributed by atoms with E-state index in [-0.39, 0.29) is 50.3 Å². The lowest BCUT2D eigenvalue weighted by Crippen LogP contribution is -2.08. The van der Waals surface area contributed by atoms with Crippen LogP contribution in [-0.4, -0.2) is 22.0 Å². The van der Waals surface area contributed by atoms with Crippen LogP contribution in [0.5, 0.6) is 5.75 Å². The minimum Gasteiger partial charge on any atom is -0.505 e. The molecule has 0 fully saturated rings. The molecule has 1 aliphatic carbocycles. The van der Waals surface area contributed by atoms with Crippen molar-refractivity contribution in [2.45, 2.75) is 40.0 Å². The van der Waals surface area contributed by atoms with Crippen LogP contribution in [0.15, 0.2) is 51.7 Å². The van der Waals surface area contributed by atoms with Gasteiger partial charge < -0.3 is 14.6 Å². The van der Waals surface area contributed by atoms with Crippen molar-refractivity contribution >= 4 is 22.7 Å². The van der Waals surface area contributed by atoms with E-state index in [1.807, 2.05) is 0 Å². The summed E-state index contributed by atoms with van der Waals surface area (Å²) in [4.78, 5) is 35.5. The van der Waals surface area contributed by atoms with E-state index in [2.05, 4.69) is 13.8 Å². The number of aromatic hydroxyl groups is 1. The van der Waals surface area contributed by atoms with Gasteiger partial charge in [0.05, 0.1) is 5.56 Å². The number of hydrogen-bond donors (Lipinski definition) is 2. The SMILES string of the molecule is CC(=O)c1ccc(C(=O)O)c(-c2c3cc(F)c(=O)cc-3oc3cc(O)c(F)cc23)c1.CCCCC. The second kappa shape index (κ2) is 10.5. The number of fused-ring (bicyclic) bond motifs is 2. The van der Waals surface area contributed by atoms with Gasteiger partial charge in [0.25, 0.3) is 0 Å². The van der Waals surface area contributed by atoms with Gasteiger partial charge in [-0.25, -0.2) is 13.6 Å². The van der Waals surface area contributed by atoms with Crippen LogP contribution in [0.25, 0.3) is 33.4 Å². The first-order valence-corrected chi connectivity index (χ1v) is 11.1. The van der Waals surface area contributed by atoms with Crippen LogP contribution in [0.1, 0.15) is 60.7 Å². The number of hydrogen-bond acceptors (Lipinski definition) is 5. The highest BCUT2D eigenvalue weighted by Crippen LogP contribution is 2.43. The summed E-state index contributed by atoms with van der Waals surface area (Å²) in [5.74, 6) is -4.63. The van der Waals surface area contributed by atoms with Gasteiger partial charge >= 0.3 is 5.97 Å². The van der Waals surface area contributed by atoms with Crippen LogP contribution in [0.4, 0.5) is 8.78 Å². The number of rotatable bonds is 5. The maximum absolute atomic E-state index is 14.2. The molecule has 1 aliphatic heterocycles. The normalized spacial score (nSPS) is 10.8. The summed E-state index contributed by atoms with van der Waals surface area (Å²) in [6.45, 7) is 5.71. The highest BCUT2D eigenvalue weighted by Gasteiger charge is 2.24. The van der Waals surface area contributed by atoms with E-state index < -0.39 is 28.8 Å². The van der Waals surface area contributed by atoms with Crippen LogP contribution in [0.3, 0.4) is 0 Å². The monoisotopic (exact) mass is 482 g/mol. The quantitative estimate of drug-likeness (QED) is 0.244. The molecule has 0 spiro atoms. The zero-order valence-corrected chi connectivity index (χ0v) is 19.4. The molecule has 0 amide bonds. The third-order valence-corrected chi connectivity index (χ3v) is 5.47. The average molecular weight is 482 g/mol. The third-order valence-electron chi connectivity index (χ3n) is 5.47. The van der Waals surface area contributed by atoms with E-state index in [9.17, 15) is 33.4 Å². The van der Waals surface area contributed by atoms with Crippen LogP contribution in [-0.2, 0) is 0 Å². The molecule has 182 valence electrons. The molecule has 8 heteroatoms. The Morgan fingerprint density at radius 2 is 1.63 bits per heavy atom. The second-order valence-corrected chi connectivity index (χ2v) is 8.03. The van der Waals surface area contributed by atoms with Crippen LogP contribution < -0.4 is 5.43 Å². The molecule has 2 aliphatic rings. The number of carbonyl (C=O) groups is 2. The number of carbonyl (C=O) groups excluding carboxylic acids is 1. The summed E-state index contributed by atoms with van der Waals surface area (Å²) in [7, 11) is 0. The molecular weight excluding hydrogens is 458 g/mol. The van der Waals surface area contributed by atoms with Gasteiger partial charge in [0.1, 0.15) is 11.3 Å². The molecule has 0 atom stereocenters. The molecule has 4 rings (SSSR count). The van der Waals surface area contributed by atoms with E-state index in [1.165, 1.54) is 44.4 Å². The Hall–Kier alpha value is -4.07. The number of carboxylic acids is 1. The van der Waals surface area contributed by atoms with Crippen LogP contribution >= 0.6 is 0 Å². The van der Waals surface area contributed by atoms with E-state index in [1.54, 1.807) is 0 Å². The summed E-state index contributed by atoms with van der Waals surface area (Å²) >= 11 is 0. The summed E-state index contributed by atoms with van der Waals surface area (Å²) in [6, 6.07) is 7.47. The molecular formula is C27H24F2O6. The van der Waals surface area contributed by atoms with Gasteiger partial charge in [-0.05, 0) is 36.8 Å². The van der Waals surface area contributed by atoms with Crippen molar-refractivity contribution in [1.29, 1.82) is 0 Å². The minimum atomic E-state index is -1.33.